The highest BCUT2D eigenvalue weighted by atomic mass is 32.2. The molecule has 1 aromatic carbocycles. The lowest BCUT2D eigenvalue weighted by Crippen LogP contribution is -2.10. The van der Waals surface area contributed by atoms with E-state index in [2.05, 4.69) is 4.98 Å². The Morgan fingerprint density at radius 2 is 2.20 bits per heavy atom. The molecule has 1 saturated heterocycles. The van der Waals surface area contributed by atoms with Gasteiger partial charge in [0.05, 0.1) is 17.6 Å². The van der Waals surface area contributed by atoms with Crippen molar-refractivity contribution in [2.45, 2.75) is 18.9 Å². The molecule has 1 fully saturated rings. The fourth-order valence-electron chi connectivity index (χ4n) is 2.94. The summed E-state index contributed by atoms with van der Waals surface area (Å²) in [5.74, 6) is 0.521. The average molecular weight is 291 g/mol. The number of hydrogen-bond donors (Lipinski definition) is 1. The molecule has 4 nitrogen and oxygen atoms in total. The van der Waals surface area contributed by atoms with Gasteiger partial charge in [-0.1, -0.05) is 18.2 Å². The number of aromatic nitrogens is 1. The van der Waals surface area contributed by atoms with Gasteiger partial charge in [-0.15, -0.1) is 0 Å². The van der Waals surface area contributed by atoms with E-state index in [-0.39, 0.29) is 17.4 Å². The van der Waals surface area contributed by atoms with Crippen LogP contribution in [-0.2, 0) is 9.84 Å². The molecule has 0 bridgehead atoms. The predicted molar refractivity (Wildman–Crippen MR) is 78.1 cm³/mol. The van der Waals surface area contributed by atoms with Crippen LogP contribution in [0.2, 0.25) is 0 Å². The SMILES string of the molecule is O=S1(=O)CCC(CC(O)c2cccc3cnccc23)C1. The Balaban J connectivity index is 1.84. The Bertz CT molecular complexity index is 721. The van der Waals surface area contributed by atoms with Crippen molar-refractivity contribution in [1.82, 2.24) is 4.98 Å². The Morgan fingerprint density at radius 3 is 2.95 bits per heavy atom. The van der Waals surface area contributed by atoms with Crippen LogP contribution in [0.5, 0.6) is 0 Å². The summed E-state index contributed by atoms with van der Waals surface area (Å²) in [6, 6.07) is 7.64. The molecule has 2 unspecified atom stereocenters. The number of aliphatic hydroxyl groups is 1. The standard InChI is InChI=1S/C15H17NO3S/c17-15(8-11-5-7-20(18,19)10-11)14-3-1-2-12-9-16-6-4-13(12)14/h1-4,6,9,11,15,17H,5,7-8,10H2. The first-order valence-electron chi connectivity index (χ1n) is 6.76. The Morgan fingerprint density at radius 1 is 1.35 bits per heavy atom. The average Bonchev–Trinajstić information content (AvgIpc) is 2.77. The van der Waals surface area contributed by atoms with Crippen LogP contribution >= 0.6 is 0 Å². The van der Waals surface area contributed by atoms with Crippen LogP contribution in [0, 0.1) is 5.92 Å². The van der Waals surface area contributed by atoms with Gasteiger partial charge in [-0.2, -0.15) is 0 Å². The van der Waals surface area contributed by atoms with Crippen molar-refractivity contribution in [3.8, 4) is 0 Å². The van der Waals surface area contributed by atoms with Crippen LogP contribution in [0.15, 0.2) is 36.7 Å². The third kappa shape index (κ3) is 2.69. The van der Waals surface area contributed by atoms with Crippen molar-refractivity contribution in [1.29, 1.82) is 0 Å². The van der Waals surface area contributed by atoms with Gasteiger partial charge >= 0.3 is 0 Å². The summed E-state index contributed by atoms with van der Waals surface area (Å²) < 4.78 is 23.0. The van der Waals surface area contributed by atoms with Crippen LogP contribution < -0.4 is 0 Å². The maximum absolute atomic E-state index is 11.5. The lowest BCUT2D eigenvalue weighted by Gasteiger charge is -2.16. The van der Waals surface area contributed by atoms with Crippen molar-refractivity contribution in [2.75, 3.05) is 11.5 Å². The van der Waals surface area contributed by atoms with E-state index in [0.717, 1.165) is 16.3 Å². The molecule has 0 amide bonds. The lowest BCUT2D eigenvalue weighted by molar-refractivity contribution is 0.150. The summed E-state index contributed by atoms with van der Waals surface area (Å²) in [6.45, 7) is 0. The van der Waals surface area contributed by atoms with Gasteiger partial charge in [-0.3, -0.25) is 4.98 Å². The van der Waals surface area contributed by atoms with Gasteiger partial charge in [-0.05, 0) is 35.8 Å². The van der Waals surface area contributed by atoms with E-state index in [4.69, 9.17) is 0 Å². The summed E-state index contributed by atoms with van der Waals surface area (Å²) in [6.07, 6.45) is 4.01. The van der Waals surface area contributed by atoms with Gasteiger partial charge in [0.15, 0.2) is 9.84 Å². The van der Waals surface area contributed by atoms with Crippen molar-refractivity contribution < 1.29 is 13.5 Å². The quantitative estimate of drug-likeness (QED) is 0.940. The van der Waals surface area contributed by atoms with Crippen molar-refractivity contribution in [2.24, 2.45) is 5.92 Å². The Kier molecular flexibility index (Phi) is 3.48. The lowest BCUT2D eigenvalue weighted by atomic mass is 9.94. The minimum Gasteiger partial charge on any atom is -0.388 e. The molecule has 106 valence electrons. The largest absolute Gasteiger partial charge is 0.388 e. The molecule has 0 radical (unpaired) electrons. The fourth-order valence-corrected chi connectivity index (χ4v) is 4.82. The van der Waals surface area contributed by atoms with E-state index < -0.39 is 15.9 Å². The van der Waals surface area contributed by atoms with Gasteiger partial charge < -0.3 is 5.11 Å². The summed E-state index contributed by atoms with van der Waals surface area (Å²) in [7, 11) is -2.89. The predicted octanol–water partition coefficient (Wildman–Crippen LogP) is 2.09. The number of aliphatic hydroxyl groups excluding tert-OH is 1. The summed E-state index contributed by atoms with van der Waals surface area (Å²) in [4.78, 5) is 4.07. The van der Waals surface area contributed by atoms with Gasteiger partial charge in [0.2, 0.25) is 0 Å². The van der Waals surface area contributed by atoms with E-state index in [1.807, 2.05) is 24.3 Å². The fraction of sp³-hybridized carbons (Fsp3) is 0.400. The zero-order valence-corrected chi connectivity index (χ0v) is 11.9. The number of pyridine rings is 1. The van der Waals surface area contributed by atoms with Crippen LogP contribution in [0.1, 0.15) is 24.5 Å². The topological polar surface area (TPSA) is 67.3 Å². The highest BCUT2D eigenvalue weighted by Gasteiger charge is 2.29. The first-order chi connectivity index (χ1) is 9.55. The number of hydrogen-bond acceptors (Lipinski definition) is 4. The number of fused-ring (bicyclic) bond motifs is 1. The summed E-state index contributed by atoms with van der Waals surface area (Å²) in [5, 5.41) is 12.4. The normalized spacial score (nSPS) is 22.9. The molecule has 1 N–H and O–H groups in total. The van der Waals surface area contributed by atoms with Gasteiger partial charge in [0, 0.05) is 17.8 Å². The smallest absolute Gasteiger partial charge is 0.150 e. The van der Waals surface area contributed by atoms with Crippen molar-refractivity contribution in [3.05, 3.63) is 42.2 Å². The molecule has 3 rings (SSSR count). The molecule has 0 aliphatic carbocycles. The van der Waals surface area contributed by atoms with E-state index in [9.17, 15) is 13.5 Å². The highest BCUT2D eigenvalue weighted by Crippen LogP contribution is 2.32. The van der Waals surface area contributed by atoms with Crippen LogP contribution in [-0.4, -0.2) is 30.0 Å². The van der Waals surface area contributed by atoms with Gasteiger partial charge in [0.1, 0.15) is 0 Å². The van der Waals surface area contributed by atoms with Gasteiger partial charge in [0.25, 0.3) is 0 Å². The molecular formula is C15H17NO3S. The van der Waals surface area contributed by atoms with Crippen LogP contribution in [0.4, 0.5) is 0 Å². The van der Waals surface area contributed by atoms with E-state index in [1.54, 1.807) is 12.4 Å². The molecule has 2 heterocycles. The second-order valence-electron chi connectivity index (χ2n) is 5.46. The first kappa shape index (κ1) is 13.5. The zero-order valence-electron chi connectivity index (χ0n) is 11.1. The number of sulfone groups is 1. The van der Waals surface area contributed by atoms with Crippen molar-refractivity contribution in [3.63, 3.8) is 0 Å². The minimum absolute atomic E-state index is 0.0621. The monoisotopic (exact) mass is 291 g/mol. The molecule has 0 spiro atoms. The molecule has 1 aliphatic heterocycles. The van der Waals surface area contributed by atoms with Gasteiger partial charge in [-0.25, -0.2) is 8.42 Å². The Labute approximate surface area is 118 Å². The van der Waals surface area contributed by atoms with E-state index in [0.29, 0.717) is 12.8 Å². The van der Waals surface area contributed by atoms with Crippen LogP contribution in [0.25, 0.3) is 10.8 Å². The third-order valence-electron chi connectivity index (χ3n) is 3.96. The molecular weight excluding hydrogens is 274 g/mol. The second-order valence-corrected chi connectivity index (χ2v) is 7.69. The number of benzene rings is 1. The van der Waals surface area contributed by atoms with Crippen molar-refractivity contribution >= 4 is 20.6 Å². The first-order valence-corrected chi connectivity index (χ1v) is 8.58. The number of nitrogens with zero attached hydrogens (tertiary/aromatic N) is 1. The van der Waals surface area contributed by atoms with E-state index in [1.165, 1.54) is 0 Å². The molecule has 2 atom stereocenters. The molecule has 1 aromatic heterocycles. The Hall–Kier alpha value is -1.46. The maximum atomic E-state index is 11.5. The summed E-state index contributed by atoms with van der Waals surface area (Å²) in [5.41, 5.74) is 0.856. The molecule has 20 heavy (non-hydrogen) atoms. The third-order valence-corrected chi connectivity index (χ3v) is 5.79. The van der Waals surface area contributed by atoms with E-state index >= 15 is 0 Å². The molecule has 2 aromatic rings. The molecule has 0 saturated carbocycles. The minimum atomic E-state index is -2.89. The molecule has 5 heteroatoms. The second kappa shape index (κ2) is 5.14. The zero-order chi connectivity index (χ0) is 14.2. The van der Waals surface area contributed by atoms with Crippen LogP contribution in [0.3, 0.4) is 0 Å². The number of rotatable bonds is 3. The highest BCUT2D eigenvalue weighted by molar-refractivity contribution is 7.91. The maximum Gasteiger partial charge on any atom is 0.150 e. The summed E-state index contributed by atoms with van der Waals surface area (Å²) >= 11 is 0. The molecule has 1 aliphatic rings.